The van der Waals surface area contributed by atoms with Crippen LogP contribution in [0.1, 0.15) is 16.7 Å². The molecule has 0 radical (unpaired) electrons. The number of benzene rings is 1. The molecule has 0 amide bonds. The molecular formula is C15H18ClN3. The molecule has 0 aliphatic heterocycles. The summed E-state index contributed by atoms with van der Waals surface area (Å²) in [6.07, 6.45) is 1.66. The molecule has 2 rings (SSSR count). The smallest absolute Gasteiger partial charge is 0.128 e. The molecule has 0 aliphatic carbocycles. The third-order valence-corrected chi connectivity index (χ3v) is 3.54. The van der Waals surface area contributed by atoms with Gasteiger partial charge >= 0.3 is 0 Å². The van der Waals surface area contributed by atoms with E-state index in [9.17, 15) is 0 Å². The molecule has 3 nitrogen and oxygen atoms in total. The van der Waals surface area contributed by atoms with Gasteiger partial charge in [-0.2, -0.15) is 0 Å². The van der Waals surface area contributed by atoms with Gasteiger partial charge in [0.1, 0.15) is 5.82 Å². The molecule has 1 aromatic carbocycles. The fourth-order valence-electron chi connectivity index (χ4n) is 1.96. The molecule has 2 N–H and O–H groups in total. The number of hydrogen-bond donors (Lipinski definition) is 1. The molecule has 0 bridgehead atoms. The first-order chi connectivity index (χ1) is 9.11. The normalized spacial score (nSPS) is 10.5. The van der Waals surface area contributed by atoms with Crippen LogP contribution in [-0.4, -0.2) is 12.0 Å². The van der Waals surface area contributed by atoms with E-state index >= 15 is 0 Å². The van der Waals surface area contributed by atoms with Crippen molar-refractivity contribution in [3.63, 3.8) is 0 Å². The number of rotatable bonds is 4. The van der Waals surface area contributed by atoms with E-state index in [1.54, 1.807) is 6.20 Å². The van der Waals surface area contributed by atoms with Gasteiger partial charge < -0.3 is 10.6 Å². The number of anilines is 1. The topological polar surface area (TPSA) is 42.1 Å². The lowest BCUT2D eigenvalue weighted by Crippen LogP contribution is -2.18. The summed E-state index contributed by atoms with van der Waals surface area (Å²) in [7, 11) is 2.02. The third kappa shape index (κ3) is 3.25. The van der Waals surface area contributed by atoms with E-state index in [4.69, 9.17) is 17.3 Å². The van der Waals surface area contributed by atoms with E-state index < -0.39 is 0 Å². The molecule has 0 unspecified atom stereocenters. The Morgan fingerprint density at radius 2 is 2.00 bits per heavy atom. The number of aromatic nitrogens is 1. The molecule has 0 saturated carbocycles. The van der Waals surface area contributed by atoms with Crippen molar-refractivity contribution >= 4 is 17.4 Å². The van der Waals surface area contributed by atoms with Crippen LogP contribution in [0.15, 0.2) is 36.5 Å². The molecule has 2 aromatic rings. The van der Waals surface area contributed by atoms with E-state index in [0.717, 1.165) is 17.9 Å². The summed E-state index contributed by atoms with van der Waals surface area (Å²) in [4.78, 5) is 6.45. The Morgan fingerprint density at radius 3 is 2.68 bits per heavy atom. The minimum atomic E-state index is 0.423. The van der Waals surface area contributed by atoms with Crippen LogP contribution in [0, 0.1) is 6.92 Å². The Hall–Kier alpha value is -1.58. The molecule has 0 spiro atoms. The van der Waals surface area contributed by atoms with Crippen LogP contribution in [0.25, 0.3) is 0 Å². The van der Waals surface area contributed by atoms with Crippen molar-refractivity contribution in [2.24, 2.45) is 5.73 Å². The number of aryl methyl sites for hydroxylation is 1. The molecule has 1 aromatic heterocycles. The van der Waals surface area contributed by atoms with Gasteiger partial charge in [-0.25, -0.2) is 4.98 Å². The quantitative estimate of drug-likeness (QED) is 0.932. The van der Waals surface area contributed by atoms with Gasteiger partial charge in [-0.3, -0.25) is 0 Å². The van der Waals surface area contributed by atoms with Gasteiger partial charge in [0.25, 0.3) is 0 Å². The van der Waals surface area contributed by atoms with Crippen LogP contribution in [0.3, 0.4) is 0 Å². The summed E-state index contributed by atoms with van der Waals surface area (Å²) < 4.78 is 0. The fourth-order valence-corrected chi connectivity index (χ4v) is 2.14. The van der Waals surface area contributed by atoms with Crippen LogP contribution in [-0.2, 0) is 13.1 Å². The van der Waals surface area contributed by atoms with Crippen LogP contribution in [0.2, 0.25) is 5.02 Å². The van der Waals surface area contributed by atoms with Gasteiger partial charge in [-0.15, -0.1) is 0 Å². The summed E-state index contributed by atoms with van der Waals surface area (Å²) in [5.41, 5.74) is 9.15. The zero-order chi connectivity index (χ0) is 13.8. The fraction of sp³-hybridized carbons (Fsp3) is 0.267. The van der Waals surface area contributed by atoms with Gasteiger partial charge in [-0.1, -0.05) is 35.9 Å². The monoisotopic (exact) mass is 275 g/mol. The van der Waals surface area contributed by atoms with Gasteiger partial charge in [0, 0.05) is 26.3 Å². The Balaban J connectivity index is 2.20. The highest BCUT2D eigenvalue weighted by Crippen LogP contribution is 2.21. The highest BCUT2D eigenvalue weighted by Gasteiger charge is 2.08. The van der Waals surface area contributed by atoms with Crippen molar-refractivity contribution in [2.45, 2.75) is 20.0 Å². The summed E-state index contributed by atoms with van der Waals surface area (Å²) in [6.45, 7) is 3.35. The maximum Gasteiger partial charge on any atom is 0.128 e. The second-order valence-corrected chi connectivity index (χ2v) is 5.03. The minimum Gasteiger partial charge on any atom is -0.355 e. The SMILES string of the molecule is Cc1ccccc1CN(C)c1cc(CN)c(Cl)cn1. The lowest BCUT2D eigenvalue weighted by Gasteiger charge is -2.20. The van der Waals surface area contributed by atoms with Crippen molar-refractivity contribution < 1.29 is 0 Å². The molecule has 4 heteroatoms. The predicted molar refractivity (Wildman–Crippen MR) is 80.4 cm³/mol. The maximum atomic E-state index is 6.03. The average Bonchev–Trinajstić information content (AvgIpc) is 2.42. The Morgan fingerprint density at radius 1 is 1.26 bits per heavy atom. The lowest BCUT2D eigenvalue weighted by atomic mass is 10.1. The van der Waals surface area contributed by atoms with E-state index in [1.807, 2.05) is 19.2 Å². The first-order valence-corrected chi connectivity index (χ1v) is 6.59. The van der Waals surface area contributed by atoms with E-state index in [0.29, 0.717) is 11.6 Å². The molecule has 1 heterocycles. The number of pyridine rings is 1. The highest BCUT2D eigenvalue weighted by atomic mass is 35.5. The molecule has 0 saturated heterocycles. The van der Waals surface area contributed by atoms with Gasteiger partial charge in [-0.05, 0) is 29.7 Å². The second-order valence-electron chi connectivity index (χ2n) is 4.62. The van der Waals surface area contributed by atoms with Crippen molar-refractivity contribution in [3.8, 4) is 0 Å². The molecule has 0 fully saturated rings. The predicted octanol–water partition coefficient (Wildman–Crippen LogP) is 3.14. The zero-order valence-corrected chi connectivity index (χ0v) is 12.0. The largest absolute Gasteiger partial charge is 0.355 e. The summed E-state index contributed by atoms with van der Waals surface area (Å²) in [5, 5.41) is 0.621. The average molecular weight is 276 g/mol. The Kier molecular flexibility index (Phi) is 4.40. The van der Waals surface area contributed by atoms with Crippen molar-refractivity contribution in [3.05, 3.63) is 58.2 Å². The second kappa shape index (κ2) is 6.04. The standard InChI is InChI=1S/C15H18ClN3/c1-11-5-3-4-6-12(11)10-19(2)15-7-13(8-17)14(16)9-18-15/h3-7,9H,8,10,17H2,1-2H3. The van der Waals surface area contributed by atoms with Crippen LogP contribution in [0.5, 0.6) is 0 Å². The number of nitrogens with zero attached hydrogens (tertiary/aromatic N) is 2. The van der Waals surface area contributed by atoms with Crippen molar-refractivity contribution in [1.82, 2.24) is 4.98 Å². The van der Waals surface area contributed by atoms with E-state index in [-0.39, 0.29) is 0 Å². The Labute approximate surface area is 119 Å². The van der Waals surface area contributed by atoms with Crippen LogP contribution < -0.4 is 10.6 Å². The van der Waals surface area contributed by atoms with Crippen molar-refractivity contribution in [1.29, 1.82) is 0 Å². The Bertz CT molecular complexity index is 569. The molecule has 100 valence electrons. The van der Waals surface area contributed by atoms with E-state index in [2.05, 4.69) is 35.0 Å². The number of hydrogen-bond acceptors (Lipinski definition) is 3. The first-order valence-electron chi connectivity index (χ1n) is 6.22. The molecule has 0 aliphatic rings. The number of halogens is 1. The minimum absolute atomic E-state index is 0.423. The van der Waals surface area contributed by atoms with Crippen molar-refractivity contribution in [2.75, 3.05) is 11.9 Å². The summed E-state index contributed by atoms with van der Waals surface area (Å²) >= 11 is 6.03. The summed E-state index contributed by atoms with van der Waals surface area (Å²) in [5.74, 6) is 0.883. The third-order valence-electron chi connectivity index (χ3n) is 3.20. The molecule has 19 heavy (non-hydrogen) atoms. The van der Waals surface area contributed by atoms with Gasteiger partial charge in [0.2, 0.25) is 0 Å². The highest BCUT2D eigenvalue weighted by molar-refractivity contribution is 6.31. The zero-order valence-electron chi connectivity index (χ0n) is 11.2. The summed E-state index contributed by atoms with van der Waals surface area (Å²) in [6, 6.07) is 10.3. The number of nitrogens with two attached hydrogens (primary N) is 1. The molecular weight excluding hydrogens is 258 g/mol. The van der Waals surface area contributed by atoms with E-state index in [1.165, 1.54) is 11.1 Å². The van der Waals surface area contributed by atoms with Crippen LogP contribution in [0.4, 0.5) is 5.82 Å². The maximum absolute atomic E-state index is 6.03. The van der Waals surface area contributed by atoms with Crippen LogP contribution >= 0.6 is 11.6 Å². The molecule has 0 atom stereocenters. The first kappa shape index (κ1) is 13.8. The van der Waals surface area contributed by atoms with Gasteiger partial charge in [0.15, 0.2) is 0 Å². The lowest BCUT2D eigenvalue weighted by molar-refractivity contribution is 0.886. The van der Waals surface area contributed by atoms with Gasteiger partial charge in [0.05, 0.1) is 5.02 Å².